The minimum absolute atomic E-state index is 0.0990. The predicted molar refractivity (Wildman–Crippen MR) is 77.6 cm³/mol. The fourth-order valence-electron chi connectivity index (χ4n) is 2.37. The lowest BCUT2D eigenvalue weighted by molar-refractivity contribution is 0.0927. The molecule has 1 fully saturated rings. The van der Waals surface area contributed by atoms with Crippen LogP contribution in [0.3, 0.4) is 0 Å². The third kappa shape index (κ3) is 3.79. The Morgan fingerprint density at radius 1 is 1.45 bits per heavy atom. The third-order valence-corrected chi connectivity index (χ3v) is 3.76. The van der Waals surface area contributed by atoms with Crippen molar-refractivity contribution in [2.45, 2.75) is 58.0 Å². The maximum absolute atomic E-state index is 12.2. The molecule has 6 heteroatoms. The number of carbonyl (C=O) groups is 1. The van der Waals surface area contributed by atoms with E-state index in [1.54, 1.807) is 10.9 Å². The molecular formula is C14H25N5O. The van der Waals surface area contributed by atoms with E-state index >= 15 is 0 Å². The zero-order valence-electron chi connectivity index (χ0n) is 12.4. The van der Waals surface area contributed by atoms with Gasteiger partial charge in [0, 0.05) is 19.1 Å². The van der Waals surface area contributed by atoms with Gasteiger partial charge in [0.15, 0.2) is 5.69 Å². The molecule has 1 unspecified atom stereocenters. The van der Waals surface area contributed by atoms with Crippen LogP contribution in [0.15, 0.2) is 6.20 Å². The number of aromatic nitrogens is 3. The van der Waals surface area contributed by atoms with Gasteiger partial charge in [-0.25, -0.2) is 4.68 Å². The maximum atomic E-state index is 12.2. The summed E-state index contributed by atoms with van der Waals surface area (Å²) in [6, 6.07) is 0.596. The molecule has 1 aliphatic heterocycles. The van der Waals surface area contributed by atoms with Crippen LogP contribution < -0.4 is 10.6 Å². The van der Waals surface area contributed by atoms with Crippen LogP contribution in [0, 0.1) is 0 Å². The Labute approximate surface area is 120 Å². The molecule has 1 amide bonds. The van der Waals surface area contributed by atoms with Crippen LogP contribution in [0.25, 0.3) is 0 Å². The number of hydrogen-bond acceptors (Lipinski definition) is 4. The fourth-order valence-corrected chi connectivity index (χ4v) is 2.37. The standard InChI is InChI=1S/C14H25N5O/c1-3-5-7-11(6-4-2)16-14(20)13-10-19(18-17-13)12-8-15-9-12/h10-12,15H,3-9H2,1-2H3,(H,16,20). The number of rotatable bonds is 8. The smallest absolute Gasteiger partial charge is 0.273 e. The molecule has 0 radical (unpaired) electrons. The van der Waals surface area contributed by atoms with E-state index in [9.17, 15) is 4.79 Å². The van der Waals surface area contributed by atoms with E-state index in [0.717, 1.165) is 45.2 Å². The highest BCUT2D eigenvalue weighted by atomic mass is 16.2. The zero-order valence-corrected chi connectivity index (χ0v) is 12.4. The number of nitrogens with one attached hydrogen (secondary N) is 2. The van der Waals surface area contributed by atoms with Gasteiger partial charge < -0.3 is 10.6 Å². The van der Waals surface area contributed by atoms with Crippen LogP contribution >= 0.6 is 0 Å². The minimum Gasteiger partial charge on any atom is -0.348 e. The molecule has 2 heterocycles. The quantitative estimate of drug-likeness (QED) is 0.756. The topological polar surface area (TPSA) is 71.8 Å². The molecule has 0 aliphatic carbocycles. The summed E-state index contributed by atoms with van der Waals surface area (Å²) in [7, 11) is 0. The van der Waals surface area contributed by atoms with Gasteiger partial charge in [0.1, 0.15) is 0 Å². The summed E-state index contributed by atoms with van der Waals surface area (Å²) in [5.74, 6) is -0.0990. The average molecular weight is 279 g/mol. The first-order valence-corrected chi connectivity index (χ1v) is 7.68. The number of carbonyl (C=O) groups excluding carboxylic acids is 1. The van der Waals surface area contributed by atoms with Crippen molar-refractivity contribution in [2.24, 2.45) is 0 Å². The van der Waals surface area contributed by atoms with Crippen LogP contribution in [0.5, 0.6) is 0 Å². The molecule has 0 bridgehead atoms. The van der Waals surface area contributed by atoms with Gasteiger partial charge in [-0.15, -0.1) is 5.10 Å². The number of amides is 1. The normalized spacial score (nSPS) is 16.7. The SMILES string of the molecule is CCCCC(CCC)NC(=O)c1cn(C2CNC2)nn1. The molecule has 2 N–H and O–H groups in total. The van der Waals surface area contributed by atoms with Crippen LogP contribution in [0.1, 0.15) is 62.5 Å². The van der Waals surface area contributed by atoms with Crippen molar-refractivity contribution in [3.05, 3.63) is 11.9 Å². The van der Waals surface area contributed by atoms with Gasteiger partial charge in [-0.2, -0.15) is 0 Å². The van der Waals surface area contributed by atoms with E-state index in [4.69, 9.17) is 0 Å². The Morgan fingerprint density at radius 3 is 2.85 bits per heavy atom. The highest BCUT2D eigenvalue weighted by Gasteiger charge is 2.22. The molecule has 2 rings (SSSR count). The van der Waals surface area contributed by atoms with E-state index in [2.05, 4.69) is 34.8 Å². The minimum atomic E-state index is -0.0990. The van der Waals surface area contributed by atoms with Gasteiger partial charge in [-0.05, 0) is 12.8 Å². The van der Waals surface area contributed by atoms with Crippen molar-refractivity contribution in [3.8, 4) is 0 Å². The molecule has 112 valence electrons. The number of nitrogens with zero attached hydrogens (tertiary/aromatic N) is 3. The predicted octanol–water partition coefficient (Wildman–Crippen LogP) is 1.51. The van der Waals surface area contributed by atoms with Crippen molar-refractivity contribution in [2.75, 3.05) is 13.1 Å². The molecule has 1 aromatic heterocycles. The van der Waals surface area contributed by atoms with E-state index in [1.165, 1.54) is 0 Å². The fraction of sp³-hybridized carbons (Fsp3) is 0.786. The Hall–Kier alpha value is -1.43. The van der Waals surface area contributed by atoms with Gasteiger partial charge in [-0.3, -0.25) is 4.79 Å². The highest BCUT2D eigenvalue weighted by molar-refractivity contribution is 5.92. The van der Waals surface area contributed by atoms with Crippen molar-refractivity contribution < 1.29 is 4.79 Å². The summed E-state index contributed by atoms with van der Waals surface area (Å²) >= 11 is 0. The molecule has 6 nitrogen and oxygen atoms in total. The summed E-state index contributed by atoms with van der Waals surface area (Å²) in [5, 5.41) is 14.3. The first kappa shape index (κ1) is 15.0. The Morgan fingerprint density at radius 2 is 2.25 bits per heavy atom. The van der Waals surface area contributed by atoms with Crippen LogP contribution in [0.4, 0.5) is 0 Å². The first-order valence-electron chi connectivity index (χ1n) is 7.68. The van der Waals surface area contributed by atoms with Crippen molar-refractivity contribution >= 4 is 5.91 Å². The summed E-state index contributed by atoms with van der Waals surface area (Å²) in [5.41, 5.74) is 0.425. The Kier molecular flexibility index (Phi) is 5.52. The van der Waals surface area contributed by atoms with Crippen molar-refractivity contribution in [3.63, 3.8) is 0 Å². The lowest BCUT2D eigenvalue weighted by Crippen LogP contribution is -2.43. The van der Waals surface area contributed by atoms with Gasteiger partial charge in [-0.1, -0.05) is 38.3 Å². The van der Waals surface area contributed by atoms with E-state index < -0.39 is 0 Å². The molecule has 0 saturated carbocycles. The van der Waals surface area contributed by atoms with Gasteiger partial charge >= 0.3 is 0 Å². The van der Waals surface area contributed by atoms with E-state index in [-0.39, 0.29) is 11.9 Å². The Balaban J connectivity index is 1.89. The summed E-state index contributed by atoms with van der Waals surface area (Å²) in [6.07, 6.45) is 7.19. The molecule has 1 saturated heterocycles. The van der Waals surface area contributed by atoms with Crippen LogP contribution in [-0.2, 0) is 0 Å². The monoisotopic (exact) mass is 279 g/mol. The second-order valence-corrected chi connectivity index (χ2v) is 5.50. The third-order valence-electron chi connectivity index (χ3n) is 3.76. The molecule has 0 aromatic carbocycles. The lowest BCUT2D eigenvalue weighted by atomic mass is 10.1. The molecular weight excluding hydrogens is 254 g/mol. The first-order chi connectivity index (χ1) is 9.74. The number of hydrogen-bond donors (Lipinski definition) is 2. The van der Waals surface area contributed by atoms with Crippen molar-refractivity contribution in [1.29, 1.82) is 0 Å². The van der Waals surface area contributed by atoms with Gasteiger partial charge in [0.2, 0.25) is 0 Å². The van der Waals surface area contributed by atoms with E-state index in [1.807, 2.05) is 0 Å². The van der Waals surface area contributed by atoms with Crippen LogP contribution in [0.2, 0.25) is 0 Å². The van der Waals surface area contributed by atoms with Crippen molar-refractivity contribution in [1.82, 2.24) is 25.6 Å². The summed E-state index contributed by atoms with van der Waals surface area (Å²) in [6.45, 7) is 6.12. The number of unbranched alkanes of at least 4 members (excludes halogenated alkanes) is 1. The second kappa shape index (κ2) is 7.38. The van der Waals surface area contributed by atoms with Gasteiger partial charge in [0.25, 0.3) is 5.91 Å². The zero-order chi connectivity index (χ0) is 14.4. The molecule has 20 heavy (non-hydrogen) atoms. The highest BCUT2D eigenvalue weighted by Crippen LogP contribution is 2.11. The molecule has 1 atom stereocenters. The van der Waals surface area contributed by atoms with Gasteiger partial charge in [0.05, 0.1) is 12.2 Å². The summed E-state index contributed by atoms with van der Waals surface area (Å²) in [4.78, 5) is 12.2. The van der Waals surface area contributed by atoms with Crippen LogP contribution in [-0.4, -0.2) is 40.0 Å². The maximum Gasteiger partial charge on any atom is 0.273 e. The largest absolute Gasteiger partial charge is 0.348 e. The molecule has 1 aliphatic rings. The van der Waals surface area contributed by atoms with E-state index in [0.29, 0.717) is 11.7 Å². The lowest BCUT2D eigenvalue weighted by Gasteiger charge is -2.26. The second-order valence-electron chi connectivity index (χ2n) is 5.50. The Bertz CT molecular complexity index is 427. The molecule has 1 aromatic rings. The average Bonchev–Trinajstić information content (AvgIpc) is 2.83. The summed E-state index contributed by atoms with van der Waals surface area (Å²) < 4.78 is 1.78. The molecule has 0 spiro atoms.